The molecule has 1 rings (SSSR count). The molecule has 0 aromatic heterocycles. The minimum absolute atomic E-state index is 0.152. The summed E-state index contributed by atoms with van der Waals surface area (Å²) in [4.78, 5) is 24.6. The Hall–Kier alpha value is -0.590. The van der Waals surface area contributed by atoms with E-state index in [-0.39, 0.29) is 27.1 Å². The van der Waals surface area contributed by atoms with Gasteiger partial charge in [-0.15, -0.1) is 0 Å². The number of carbonyl (C=O) groups is 2. The van der Waals surface area contributed by atoms with Crippen molar-refractivity contribution in [1.82, 2.24) is 0 Å². The molecule has 1 aromatic rings. The van der Waals surface area contributed by atoms with Gasteiger partial charge in [-0.3, -0.25) is 9.59 Å². The fourth-order valence-corrected chi connectivity index (χ4v) is 6.20. The molecule has 0 unspecified atom stereocenters. The van der Waals surface area contributed by atoms with Gasteiger partial charge >= 0.3 is 0 Å². The first-order valence-electron chi connectivity index (χ1n) is 11.9. The molecule has 0 N–H and O–H groups in total. The zero-order valence-electron chi connectivity index (χ0n) is 22.6. The van der Waals surface area contributed by atoms with Crippen molar-refractivity contribution in [2.24, 2.45) is 10.8 Å². The predicted molar refractivity (Wildman–Crippen MR) is 151 cm³/mol. The second-order valence-corrected chi connectivity index (χ2v) is 14.4. The summed E-state index contributed by atoms with van der Waals surface area (Å²) in [6.07, 6.45) is 0. The van der Waals surface area contributed by atoms with E-state index in [0.717, 1.165) is 5.69 Å². The van der Waals surface area contributed by atoms with Gasteiger partial charge in [-0.25, -0.2) is 0 Å². The second kappa shape index (κ2) is 14.2. The molecule has 0 radical (unpaired) electrons. The molecule has 1 aromatic carbocycles. The summed E-state index contributed by atoms with van der Waals surface area (Å²) in [6.45, 7) is 21.0. The maximum Gasteiger partial charge on any atom is 0.290 e. The first-order valence-corrected chi connectivity index (χ1v) is 15.0. The van der Waals surface area contributed by atoms with E-state index < -0.39 is 8.53 Å². The standard InChI is InChI=1S/C26H44NO4PS2/c1-19(2)21-13-11-12-14-22(21)27(20(3)4)32(30-15-17-33-23(28)25(5,6)7)31-16-18-34-24(29)26(8,9)10/h11-14,19-20H,15-18H2,1-10H3. The summed E-state index contributed by atoms with van der Waals surface area (Å²) < 4.78 is 14.8. The van der Waals surface area contributed by atoms with Gasteiger partial charge in [-0.05, 0) is 31.4 Å². The first-order chi connectivity index (χ1) is 15.7. The Labute approximate surface area is 217 Å². The molecule has 0 aliphatic heterocycles. The zero-order valence-corrected chi connectivity index (χ0v) is 25.2. The number of hydrogen-bond acceptors (Lipinski definition) is 7. The van der Waals surface area contributed by atoms with Crippen LogP contribution in [-0.4, -0.2) is 41.0 Å². The Bertz CT molecular complexity index is 754. The third-order valence-electron chi connectivity index (χ3n) is 4.73. The number of hydrogen-bond donors (Lipinski definition) is 0. The van der Waals surface area contributed by atoms with Crippen LogP contribution in [0.5, 0.6) is 0 Å². The molecule has 194 valence electrons. The normalized spacial score (nSPS) is 12.6. The summed E-state index contributed by atoms with van der Waals surface area (Å²) in [5.41, 5.74) is 1.60. The Balaban J connectivity index is 2.99. The zero-order chi connectivity index (χ0) is 26.1. The van der Waals surface area contributed by atoms with Gasteiger partial charge in [0.15, 0.2) is 10.2 Å². The molecule has 0 heterocycles. The molecule has 0 amide bonds. The minimum atomic E-state index is -1.41. The number of thioether (sulfide) groups is 2. The van der Waals surface area contributed by atoms with Gasteiger partial charge in [-0.2, -0.15) is 0 Å². The SMILES string of the molecule is CC(C)c1ccccc1N(C(C)C)P(OCCSC(=O)C(C)(C)C)OCCSC(=O)C(C)(C)C. The molecule has 0 spiro atoms. The van der Waals surface area contributed by atoms with E-state index in [9.17, 15) is 9.59 Å². The van der Waals surface area contributed by atoms with Crippen molar-refractivity contribution < 1.29 is 18.6 Å². The molecule has 0 atom stereocenters. The summed E-state index contributed by atoms with van der Waals surface area (Å²) in [7, 11) is -1.41. The molecule has 5 nitrogen and oxygen atoms in total. The number of rotatable bonds is 12. The summed E-state index contributed by atoms with van der Waals surface area (Å²) in [5.74, 6) is 1.51. The average molecular weight is 530 g/mol. The monoisotopic (exact) mass is 529 g/mol. The molecule has 0 aliphatic rings. The number of para-hydroxylation sites is 1. The van der Waals surface area contributed by atoms with E-state index in [1.165, 1.54) is 29.1 Å². The fraction of sp³-hybridized carbons (Fsp3) is 0.692. The van der Waals surface area contributed by atoms with Crippen molar-refractivity contribution >= 4 is 48.0 Å². The van der Waals surface area contributed by atoms with Gasteiger partial charge in [0, 0.05) is 34.1 Å². The third kappa shape index (κ3) is 10.6. The van der Waals surface area contributed by atoms with E-state index in [1.54, 1.807) is 0 Å². The van der Waals surface area contributed by atoms with Crippen molar-refractivity contribution in [2.75, 3.05) is 29.4 Å². The first kappa shape index (κ1) is 31.4. The topological polar surface area (TPSA) is 55.8 Å². The number of anilines is 1. The van der Waals surface area contributed by atoms with Crippen LogP contribution < -0.4 is 4.67 Å². The van der Waals surface area contributed by atoms with Gasteiger partial charge in [0.1, 0.15) is 0 Å². The minimum Gasteiger partial charge on any atom is -0.317 e. The van der Waals surface area contributed by atoms with Crippen LogP contribution in [-0.2, 0) is 18.6 Å². The molecule has 0 aliphatic carbocycles. The highest BCUT2D eigenvalue weighted by Gasteiger charge is 2.29. The molecule has 0 saturated carbocycles. The lowest BCUT2D eigenvalue weighted by Gasteiger charge is -2.36. The maximum absolute atomic E-state index is 12.3. The Kier molecular flexibility index (Phi) is 13.2. The van der Waals surface area contributed by atoms with Crippen molar-refractivity contribution in [3.8, 4) is 0 Å². The van der Waals surface area contributed by atoms with Crippen molar-refractivity contribution in [1.29, 1.82) is 0 Å². The largest absolute Gasteiger partial charge is 0.317 e. The Morgan fingerprint density at radius 3 is 1.68 bits per heavy atom. The lowest BCUT2D eigenvalue weighted by molar-refractivity contribution is -0.118. The Morgan fingerprint density at radius 2 is 1.29 bits per heavy atom. The molecular weight excluding hydrogens is 485 g/mol. The lowest BCUT2D eigenvalue weighted by Crippen LogP contribution is -2.29. The van der Waals surface area contributed by atoms with Crippen LogP contribution in [0.4, 0.5) is 5.69 Å². The van der Waals surface area contributed by atoms with Gasteiger partial charge in [0.2, 0.25) is 0 Å². The van der Waals surface area contributed by atoms with Crippen molar-refractivity contribution in [3.63, 3.8) is 0 Å². The van der Waals surface area contributed by atoms with Crippen molar-refractivity contribution in [3.05, 3.63) is 29.8 Å². The molecule has 0 saturated heterocycles. The highest BCUT2D eigenvalue weighted by Crippen LogP contribution is 2.49. The average Bonchev–Trinajstić information content (AvgIpc) is 2.71. The quantitative estimate of drug-likeness (QED) is 0.201. The van der Waals surface area contributed by atoms with Gasteiger partial charge in [-0.1, -0.05) is 97.1 Å². The van der Waals surface area contributed by atoms with E-state index in [2.05, 4.69) is 50.6 Å². The maximum atomic E-state index is 12.3. The Morgan fingerprint density at radius 1 is 0.853 bits per heavy atom. The van der Waals surface area contributed by atoms with Crippen LogP contribution in [0, 0.1) is 10.8 Å². The van der Waals surface area contributed by atoms with E-state index in [0.29, 0.717) is 30.6 Å². The molecule has 0 fully saturated rings. The summed E-state index contributed by atoms with van der Waals surface area (Å²) >= 11 is 2.62. The number of carbonyl (C=O) groups excluding carboxylic acids is 2. The lowest BCUT2D eigenvalue weighted by atomic mass is 9.99. The van der Waals surface area contributed by atoms with E-state index in [4.69, 9.17) is 9.05 Å². The van der Waals surface area contributed by atoms with Gasteiger partial charge < -0.3 is 13.7 Å². The van der Waals surface area contributed by atoms with Crippen LogP contribution in [0.3, 0.4) is 0 Å². The molecule has 8 heteroatoms. The summed E-state index contributed by atoms with van der Waals surface area (Å²) in [6, 6.07) is 8.52. The summed E-state index contributed by atoms with van der Waals surface area (Å²) in [5, 5.41) is 0.314. The van der Waals surface area contributed by atoms with E-state index in [1.807, 2.05) is 47.6 Å². The van der Waals surface area contributed by atoms with E-state index >= 15 is 0 Å². The van der Waals surface area contributed by atoms with Crippen LogP contribution in [0.15, 0.2) is 24.3 Å². The highest BCUT2D eigenvalue weighted by atomic mass is 32.2. The van der Waals surface area contributed by atoms with Gasteiger partial charge in [0.05, 0.1) is 13.2 Å². The molecule has 34 heavy (non-hydrogen) atoms. The fourth-order valence-electron chi connectivity index (χ4n) is 2.83. The second-order valence-electron chi connectivity index (χ2n) is 10.8. The van der Waals surface area contributed by atoms with Crippen LogP contribution in [0.25, 0.3) is 0 Å². The molecular formula is C26H44NO4PS2. The van der Waals surface area contributed by atoms with Crippen LogP contribution in [0.1, 0.15) is 80.7 Å². The smallest absolute Gasteiger partial charge is 0.290 e. The van der Waals surface area contributed by atoms with Gasteiger partial charge in [0.25, 0.3) is 8.53 Å². The van der Waals surface area contributed by atoms with Crippen LogP contribution >= 0.6 is 32.0 Å². The number of nitrogens with zero attached hydrogens (tertiary/aromatic N) is 1. The van der Waals surface area contributed by atoms with Crippen LogP contribution in [0.2, 0.25) is 0 Å². The third-order valence-corrected chi connectivity index (χ3v) is 9.06. The molecule has 0 bridgehead atoms. The van der Waals surface area contributed by atoms with Crippen molar-refractivity contribution in [2.45, 2.75) is 81.2 Å². The highest BCUT2D eigenvalue weighted by molar-refractivity contribution is 8.14. The number of benzene rings is 1. The predicted octanol–water partition coefficient (Wildman–Crippen LogP) is 7.90.